The molecule has 5 nitrogen and oxygen atoms in total. The SMILES string of the molecule is COC1=C2O[C@H]3C(N=O)=CC[C@H]4[C@H]5CC(C=C1)C2[C@@]34CCN5C. The maximum absolute atomic E-state index is 11.4. The fourth-order valence-corrected chi connectivity index (χ4v) is 6.18. The van der Waals surface area contributed by atoms with Crippen LogP contribution in [-0.4, -0.2) is 37.7 Å². The summed E-state index contributed by atoms with van der Waals surface area (Å²) in [4.78, 5) is 13.9. The Kier molecular flexibility index (Phi) is 2.68. The molecule has 1 saturated carbocycles. The summed E-state index contributed by atoms with van der Waals surface area (Å²) in [6.07, 6.45) is 9.36. The highest BCUT2D eigenvalue weighted by Crippen LogP contribution is 2.68. The van der Waals surface area contributed by atoms with Crippen molar-refractivity contribution in [2.24, 2.45) is 28.3 Å². The average molecular weight is 314 g/mol. The Balaban J connectivity index is 1.73. The van der Waals surface area contributed by atoms with Crippen LogP contribution in [0.2, 0.25) is 0 Å². The Hall–Kier alpha value is -1.62. The topological polar surface area (TPSA) is 51.1 Å². The molecule has 5 heteroatoms. The number of methoxy groups -OCH3 is 1. The van der Waals surface area contributed by atoms with E-state index in [0.717, 1.165) is 30.9 Å². The number of ether oxygens (including phenoxy) is 2. The smallest absolute Gasteiger partial charge is 0.156 e. The summed E-state index contributed by atoms with van der Waals surface area (Å²) in [7, 11) is 3.94. The highest BCUT2D eigenvalue weighted by atomic mass is 16.5. The number of rotatable bonds is 2. The molecule has 2 saturated heterocycles. The summed E-state index contributed by atoms with van der Waals surface area (Å²) < 4.78 is 12.0. The van der Waals surface area contributed by atoms with Crippen LogP contribution in [0.1, 0.15) is 19.3 Å². The molecule has 0 amide bonds. The minimum absolute atomic E-state index is 0.0158. The van der Waals surface area contributed by atoms with Crippen molar-refractivity contribution in [3.05, 3.63) is 40.4 Å². The van der Waals surface area contributed by atoms with E-state index in [4.69, 9.17) is 9.47 Å². The Morgan fingerprint density at radius 3 is 3.13 bits per heavy atom. The molecule has 5 aliphatic rings. The molecular formula is C18H22N2O3. The van der Waals surface area contributed by atoms with Gasteiger partial charge in [0.1, 0.15) is 11.5 Å². The summed E-state index contributed by atoms with van der Waals surface area (Å²) in [5, 5.41) is 3.33. The summed E-state index contributed by atoms with van der Waals surface area (Å²) in [5.41, 5.74) is 0.615. The molecule has 3 aliphatic carbocycles. The van der Waals surface area contributed by atoms with Gasteiger partial charge < -0.3 is 14.4 Å². The highest BCUT2D eigenvalue weighted by molar-refractivity contribution is 5.39. The van der Waals surface area contributed by atoms with Gasteiger partial charge in [-0.25, -0.2) is 0 Å². The van der Waals surface area contributed by atoms with E-state index < -0.39 is 0 Å². The zero-order valence-electron chi connectivity index (χ0n) is 13.6. The molecule has 2 aliphatic heterocycles. The van der Waals surface area contributed by atoms with E-state index in [1.54, 1.807) is 7.11 Å². The number of hydrogen-bond acceptors (Lipinski definition) is 5. The molecule has 2 heterocycles. The molecule has 5 rings (SSSR count). The third kappa shape index (κ3) is 1.47. The van der Waals surface area contributed by atoms with Crippen molar-refractivity contribution in [2.75, 3.05) is 20.7 Å². The zero-order chi connectivity index (χ0) is 15.8. The van der Waals surface area contributed by atoms with Crippen LogP contribution in [0, 0.1) is 28.1 Å². The summed E-state index contributed by atoms with van der Waals surface area (Å²) in [6, 6.07) is 0.564. The fraction of sp³-hybridized carbons (Fsp3) is 0.667. The molecule has 0 radical (unpaired) electrons. The van der Waals surface area contributed by atoms with Crippen LogP contribution in [0.4, 0.5) is 0 Å². The van der Waals surface area contributed by atoms with Crippen LogP contribution in [0.15, 0.2) is 40.6 Å². The molecule has 0 aromatic rings. The number of nitrogens with zero attached hydrogens (tertiary/aromatic N) is 2. The van der Waals surface area contributed by atoms with Gasteiger partial charge in [0, 0.05) is 17.4 Å². The van der Waals surface area contributed by atoms with Crippen molar-refractivity contribution >= 4 is 0 Å². The van der Waals surface area contributed by atoms with Crippen molar-refractivity contribution in [3.63, 3.8) is 0 Å². The van der Waals surface area contributed by atoms with Gasteiger partial charge in [0.2, 0.25) is 0 Å². The second-order valence-electron chi connectivity index (χ2n) is 7.64. The quantitative estimate of drug-likeness (QED) is 0.736. The van der Waals surface area contributed by atoms with Gasteiger partial charge in [0.15, 0.2) is 11.9 Å². The van der Waals surface area contributed by atoms with Crippen molar-refractivity contribution in [2.45, 2.75) is 31.4 Å². The van der Waals surface area contributed by atoms with Gasteiger partial charge in [0.25, 0.3) is 0 Å². The molecule has 0 N–H and O–H groups in total. The highest BCUT2D eigenvalue weighted by Gasteiger charge is 2.69. The Morgan fingerprint density at radius 1 is 1.48 bits per heavy atom. The second kappa shape index (κ2) is 4.47. The lowest BCUT2D eigenvalue weighted by Gasteiger charge is -2.60. The first kappa shape index (κ1) is 13.8. The van der Waals surface area contributed by atoms with E-state index in [2.05, 4.69) is 29.3 Å². The van der Waals surface area contributed by atoms with Gasteiger partial charge in [-0.2, -0.15) is 0 Å². The van der Waals surface area contributed by atoms with Crippen LogP contribution in [0.25, 0.3) is 0 Å². The molecular weight excluding hydrogens is 292 g/mol. The largest absolute Gasteiger partial charge is 0.493 e. The summed E-state index contributed by atoms with van der Waals surface area (Å²) in [6.45, 7) is 1.07. The van der Waals surface area contributed by atoms with Crippen molar-refractivity contribution in [1.82, 2.24) is 4.90 Å². The summed E-state index contributed by atoms with van der Waals surface area (Å²) in [5.74, 6) is 3.16. The lowest BCUT2D eigenvalue weighted by molar-refractivity contribution is -0.106. The van der Waals surface area contributed by atoms with Crippen LogP contribution < -0.4 is 0 Å². The lowest BCUT2D eigenvalue weighted by atomic mass is 9.47. The zero-order valence-corrected chi connectivity index (χ0v) is 13.6. The molecule has 2 bridgehead atoms. The van der Waals surface area contributed by atoms with Gasteiger partial charge in [-0.3, -0.25) is 0 Å². The number of piperidine rings is 1. The number of nitroso groups, excluding NO2 is 1. The Labute approximate surface area is 136 Å². The van der Waals surface area contributed by atoms with E-state index in [0.29, 0.717) is 29.5 Å². The number of likely N-dealkylation sites (tertiary alicyclic amines) is 1. The second-order valence-corrected chi connectivity index (χ2v) is 7.64. The van der Waals surface area contributed by atoms with Gasteiger partial charge in [-0.15, -0.1) is 4.91 Å². The average Bonchev–Trinajstić information content (AvgIpc) is 2.92. The minimum Gasteiger partial charge on any atom is -0.493 e. The maximum atomic E-state index is 11.4. The van der Waals surface area contributed by atoms with E-state index in [1.165, 1.54) is 6.42 Å². The van der Waals surface area contributed by atoms with E-state index in [1.807, 2.05) is 6.08 Å². The molecule has 6 atom stereocenters. The predicted octanol–water partition coefficient (Wildman–Crippen LogP) is 2.81. The van der Waals surface area contributed by atoms with Crippen molar-refractivity contribution in [1.29, 1.82) is 0 Å². The van der Waals surface area contributed by atoms with Crippen molar-refractivity contribution in [3.8, 4) is 0 Å². The monoisotopic (exact) mass is 314 g/mol. The molecule has 122 valence electrons. The third-order valence-electron chi connectivity index (χ3n) is 7.07. The minimum atomic E-state index is -0.192. The number of hydrogen-bond donors (Lipinski definition) is 0. The third-order valence-corrected chi connectivity index (χ3v) is 7.07. The normalized spacial score (nSPS) is 46.9. The Morgan fingerprint density at radius 2 is 2.35 bits per heavy atom. The number of allylic oxidation sites excluding steroid dienone is 4. The van der Waals surface area contributed by atoms with Gasteiger partial charge in [0.05, 0.1) is 7.11 Å². The molecule has 2 unspecified atom stereocenters. The Bertz CT molecular complexity index is 667. The standard InChI is InChI=1S/C18H22N2O3/c1-20-8-7-18-11-4-5-12(19-21)17(18)23-16-14(22-2)6-3-10(15(16)18)9-13(11)20/h3,5-6,10-11,13,15,17H,4,7-9H2,1-2H3/t10?,11-,13+,15?,17-,18-/m0/s1. The van der Waals surface area contributed by atoms with Gasteiger partial charge in [-0.05, 0) is 55.9 Å². The van der Waals surface area contributed by atoms with Crippen LogP contribution in [0.3, 0.4) is 0 Å². The van der Waals surface area contributed by atoms with Crippen molar-refractivity contribution < 1.29 is 9.47 Å². The molecule has 23 heavy (non-hydrogen) atoms. The van der Waals surface area contributed by atoms with E-state index in [-0.39, 0.29) is 11.5 Å². The van der Waals surface area contributed by atoms with Crippen LogP contribution in [0.5, 0.6) is 0 Å². The van der Waals surface area contributed by atoms with Crippen LogP contribution in [-0.2, 0) is 9.47 Å². The van der Waals surface area contributed by atoms with E-state index in [9.17, 15) is 4.91 Å². The molecule has 1 spiro atoms. The van der Waals surface area contributed by atoms with E-state index >= 15 is 0 Å². The molecule has 0 aromatic heterocycles. The maximum Gasteiger partial charge on any atom is 0.156 e. The lowest BCUT2D eigenvalue weighted by Crippen LogP contribution is -2.63. The first-order chi connectivity index (χ1) is 11.2. The first-order valence-electron chi connectivity index (χ1n) is 8.57. The van der Waals surface area contributed by atoms with Gasteiger partial charge >= 0.3 is 0 Å². The summed E-state index contributed by atoms with van der Waals surface area (Å²) >= 11 is 0. The van der Waals surface area contributed by atoms with Crippen LogP contribution >= 0.6 is 0 Å². The predicted molar refractivity (Wildman–Crippen MR) is 85.1 cm³/mol. The first-order valence-corrected chi connectivity index (χ1v) is 8.57. The molecule has 3 fully saturated rings. The van der Waals surface area contributed by atoms with Gasteiger partial charge in [-0.1, -0.05) is 12.2 Å². The molecule has 0 aromatic carbocycles. The fourth-order valence-electron chi connectivity index (χ4n) is 6.18.